The lowest BCUT2D eigenvalue weighted by Crippen LogP contribution is -2.05. The number of rotatable bonds is 6. The van der Waals surface area contributed by atoms with E-state index >= 15 is 0 Å². The van der Waals surface area contributed by atoms with Crippen LogP contribution in [0.2, 0.25) is 10.0 Å². The molecule has 0 fully saturated rings. The van der Waals surface area contributed by atoms with E-state index in [2.05, 4.69) is 21.2 Å². The summed E-state index contributed by atoms with van der Waals surface area (Å²) in [6.07, 6.45) is 0. The quantitative estimate of drug-likeness (QED) is 0.408. The molecule has 0 saturated heterocycles. The topological polar surface area (TPSA) is 21.3 Å². The van der Waals surface area contributed by atoms with Crippen LogP contribution in [0.4, 0.5) is 14.5 Å². The predicted molar refractivity (Wildman–Crippen MR) is 109 cm³/mol. The van der Waals surface area contributed by atoms with E-state index in [0.717, 1.165) is 10.0 Å². The standard InChI is InChI=1S/C20H14BrCl2F2NO/c21-13-4-7-20(27-11-15-16(22)2-1-3-18(15)24)12(8-13)10-26-14-5-6-19(25)17(23)9-14/h1-9,26H,10-11H2. The minimum Gasteiger partial charge on any atom is -0.488 e. The summed E-state index contributed by atoms with van der Waals surface area (Å²) in [5.74, 6) is -0.311. The van der Waals surface area contributed by atoms with E-state index in [9.17, 15) is 8.78 Å². The van der Waals surface area contributed by atoms with Crippen molar-refractivity contribution in [1.82, 2.24) is 0 Å². The number of anilines is 1. The van der Waals surface area contributed by atoms with Crippen molar-refractivity contribution in [3.8, 4) is 5.75 Å². The third kappa shape index (κ3) is 5.12. The number of hydrogen-bond donors (Lipinski definition) is 1. The van der Waals surface area contributed by atoms with Crippen molar-refractivity contribution in [2.75, 3.05) is 5.32 Å². The van der Waals surface area contributed by atoms with Gasteiger partial charge in [0, 0.05) is 27.8 Å². The van der Waals surface area contributed by atoms with Gasteiger partial charge in [-0.2, -0.15) is 0 Å². The highest BCUT2D eigenvalue weighted by atomic mass is 79.9. The summed E-state index contributed by atoms with van der Waals surface area (Å²) in [7, 11) is 0. The van der Waals surface area contributed by atoms with Crippen molar-refractivity contribution in [3.63, 3.8) is 0 Å². The molecule has 3 aromatic carbocycles. The summed E-state index contributed by atoms with van der Waals surface area (Å²) in [4.78, 5) is 0. The molecule has 140 valence electrons. The van der Waals surface area contributed by atoms with Crippen molar-refractivity contribution in [2.45, 2.75) is 13.2 Å². The van der Waals surface area contributed by atoms with Gasteiger partial charge in [0.05, 0.1) is 10.0 Å². The molecule has 0 aliphatic heterocycles. The Kier molecular flexibility index (Phi) is 6.58. The molecule has 0 aromatic heterocycles. The molecule has 0 unspecified atom stereocenters. The molecule has 0 heterocycles. The number of halogens is 5. The first-order valence-electron chi connectivity index (χ1n) is 7.97. The monoisotopic (exact) mass is 471 g/mol. The lowest BCUT2D eigenvalue weighted by atomic mass is 10.2. The molecule has 27 heavy (non-hydrogen) atoms. The van der Waals surface area contributed by atoms with Gasteiger partial charge in [0.15, 0.2) is 0 Å². The molecular weight excluding hydrogens is 459 g/mol. The van der Waals surface area contributed by atoms with Gasteiger partial charge in [-0.3, -0.25) is 0 Å². The summed E-state index contributed by atoms with van der Waals surface area (Å²) >= 11 is 15.3. The SMILES string of the molecule is Fc1ccc(NCc2cc(Br)ccc2OCc2c(F)cccc2Cl)cc1Cl. The molecule has 3 aromatic rings. The lowest BCUT2D eigenvalue weighted by molar-refractivity contribution is 0.297. The third-order valence-electron chi connectivity index (χ3n) is 3.86. The van der Waals surface area contributed by atoms with Gasteiger partial charge < -0.3 is 10.1 Å². The van der Waals surface area contributed by atoms with Crippen LogP contribution in [-0.2, 0) is 13.2 Å². The predicted octanol–water partition coefficient (Wildman–Crippen LogP) is 7.23. The molecular formula is C20H14BrCl2F2NO. The summed E-state index contributed by atoms with van der Waals surface area (Å²) in [5.41, 5.74) is 1.80. The highest BCUT2D eigenvalue weighted by Gasteiger charge is 2.11. The summed E-state index contributed by atoms with van der Waals surface area (Å²) in [5, 5.41) is 3.52. The van der Waals surface area contributed by atoms with Crippen LogP contribution in [0.1, 0.15) is 11.1 Å². The first-order chi connectivity index (χ1) is 12.9. The Hall–Kier alpha value is -1.82. The van der Waals surface area contributed by atoms with Crippen molar-refractivity contribution >= 4 is 44.8 Å². The molecule has 0 bridgehead atoms. The van der Waals surface area contributed by atoms with Crippen molar-refractivity contribution < 1.29 is 13.5 Å². The van der Waals surface area contributed by atoms with E-state index in [0.29, 0.717) is 28.6 Å². The maximum Gasteiger partial charge on any atom is 0.141 e. The molecule has 3 rings (SSSR count). The van der Waals surface area contributed by atoms with Crippen LogP contribution in [0.5, 0.6) is 5.75 Å². The number of hydrogen-bond acceptors (Lipinski definition) is 2. The molecule has 0 atom stereocenters. The van der Waals surface area contributed by atoms with Gasteiger partial charge in [-0.15, -0.1) is 0 Å². The molecule has 7 heteroatoms. The lowest BCUT2D eigenvalue weighted by Gasteiger charge is -2.14. The average molecular weight is 473 g/mol. The number of nitrogens with one attached hydrogen (secondary N) is 1. The first kappa shape index (κ1) is 19.9. The van der Waals surface area contributed by atoms with E-state index in [1.807, 2.05) is 12.1 Å². The highest BCUT2D eigenvalue weighted by molar-refractivity contribution is 9.10. The van der Waals surface area contributed by atoms with E-state index in [1.54, 1.807) is 24.3 Å². The Labute approximate surface area is 174 Å². The molecule has 1 N–H and O–H groups in total. The Morgan fingerprint density at radius 2 is 1.74 bits per heavy atom. The molecule has 0 aliphatic rings. The van der Waals surface area contributed by atoms with Gasteiger partial charge in [-0.25, -0.2) is 8.78 Å². The Balaban J connectivity index is 1.75. The Morgan fingerprint density at radius 1 is 0.926 bits per heavy atom. The second kappa shape index (κ2) is 8.91. The second-order valence-corrected chi connectivity index (χ2v) is 7.45. The van der Waals surface area contributed by atoms with Gasteiger partial charge in [-0.1, -0.05) is 45.2 Å². The number of benzene rings is 3. The molecule has 0 amide bonds. The van der Waals surface area contributed by atoms with Gasteiger partial charge in [-0.05, 0) is 48.5 Å². The minimum absolute atomic E-state index is 0.00250. The van der Waals surface area contributed by atoms with Crippen LogP contribution < -0.4 is 10.1 Å². The van der Waals surface area contributed by atoms with Gasteiger partial charge in [0.25, 0.3) is 0 Å². The van der Waals surface area contributed by atoms with Crippen molar-refractivity contribution in [2.24, 2.45) is 0 Å². The molecule has 0 spiro atoms. The molecule has 0 radical (unpaired) electrons. The molecule has 0 saturated carbocycles. The fourth-order valence-electron chi connectivity index (χ4n) is 2.45. The van der Waals surface area contributed by atoms with Crippen LogP contribution in [0, 0.1) is 11.6 Å². The largest absolute Gasteiger partial charge is 0.488 e. The third-order valence-corrected chi connectivity index (χ3v) is 5.00. The zero-order valence-electron chi connectivity index (χ0n) is 13.9. The molecule has 2 nitrogen and oxygen atoms in total. The summed E-state index contributed by atoms with van der Waals surface area (Å²) < 4.78 is 33.9. The molecule has 0 aliphatic carbocycles. The Morgan fingerprint density at radius 3 is 2.48 bits per heavy atom. The van der Waals surface area contributed by atoms with Crippen LogP contribution >= 0.6 is 39.1 Å². The van der Waals surface area contributed by atoms with E-state index in [1.165, 1.54) is 18.2 Å². The summed E-state index contributed by atoms with van der Waals surface area (Å²) in [6.45, 7) is 0.407. The fourth-order valence-corrected chi connectivity index (χ4v) is 3.26. The Bertz CT molecular complexity index is 948. The van der Waals surface area contributed by atoms with Crippen LogP contribution in [-0.4, -0.2) is 0 Å². The van der Waals surface area contributed by atoms with Crippen molar-refractivity contribution in [3.05, 3.63) is 91.9 Å². The smallest absolute Gasteiger partial charge is 0.141 e. The van der Waals surface area contributed by atoms with E-state index < -0.39 is 11.6 Å². The van der Waals surface area contributed by atoms with E-state index in [4.69, 9.17) is 27.9 Å². The second-order valence-electron chi connectivity index (χ2n) is 5.72. The van der Waals surface area contributed by atoms with Crippen LogP contribution in [0.15, 0.2) is 59.1 Å². The van der Waals surface area contributed by atoms with Crippen LogP contribution in [0.3, 0.4) is 0 Å². The zero-order valence-corrected chi connectivity index (χ0v) is 17.0. The van der Waals surface area contributed by atoms with Gasteiger partial charge >= 0.3 is 0 Å². The summed E-state index contributed by atoms with van der Waals surface area (Å²) in [6, 6.07) is 14.4. The van der Waals surface area contributed by atoms with Gasteiger partial charge in [0.1, 0.15) is 24.0 Å². The number of ether oxygens (including phenoxy) is 1. The highest BCUT2D eigenvalue weighted by Crippen LogP contribution is 2.28. The zero-order chi connectivity index (χ0) is 19.4. The van der Waals surface area contributed by atoms with Crippen molar-refractivity contribution in [1.29, 1.82) is 0 Å². The average Bonchev–Trinajstić information content (AvgIpc) is 2.63. The fraction of sp³-hybridized carbons (Fsp3) is 0.100. The van der Waals surface area contributed by atoms with E-state index in [-0.39, 0.29) is 11.6 Å². The maximum absolute atomic E-state index is 13.9. The minimum atomic E-state index is -0.476. The van der Waals surface area contributed by atoms with Gasteiger partial charge in [0.2, 0.25) is 0 Å². The first-order valence-corrected chi connectivity index (χ1v) is 9.52. The normalized spacial score (nSPS) is 10.7. The van der Waals surface area contributed by atoms with Crippen LogP contribution in [0.25, 0.3) is 0 Å². The maximum atomic E-state index is 13.9.